The molecule has 0 bridgehead atoms. The predicted molar refractivity (Wildman–Crippen MR) is 84.6 cm³/mol. The first-order valence-corrected chi connectivity index (χ1v) is 7.27. The van der Waals surface area contributed by atoms with Crippen molar-refractivity contribution in [2.24, 2.45) is 0 Å². The fraction of sp³-hybridized carbons (Fsp3) is 0.133. The van der Waals surface area contributed by atoms with Crippen LogP contribution in [0.1, 0.15) is 21.5 Å². The van der Waals surface area contributed by atoms with Gasteiger partial charge < -0.3 is 10.4 Å². The number of nitrogens with one attached hydrogen (secondary N) is 1. The highest BCUT2D eigenvalue weighted by molar-refractivity contribution is 9.10. The minimum Gasteiger partial charge on any atom is -0.478 e. The lowest BCUT2D eigenvalue weighted by molar-refractivity contribution is 0.0692. The Labute approximate surface area is 134 Å². The van der Waals surface area contributed by atoms with Crippen LogP contribution in [0, 0.1) is 12.7 Å². The number of carbonyl (C=O) groups is 1. The molecule has 0 saturated carbocycles. The summed E-state index contributed by atoms with van der Waals surface area (Å²) in [4.78, 5) is 10.7. The fourth-order valence-electron chi connectivity index (χ4n) is 1.82. The van der Waals surface area contributed by atoms with Crippen LogP contribution >= 0.6 is 27.5 Å². The van der Waals surface area contributed by atoms with Crippen LogP contribution in [0.4, 0.5) is 10.1 Å². The predicted octanol–water partition coefficient (Wildman–Crippen LogP) is 4.86. The van der Waals surface area contributed by atoms with Gasteiger partial charge in [0.2, 0.25) is 0 Å². The normalized spacial score (nSPS) is 10.5. The van der Waals surface area contributed by atoms with Crippen molar-refractivity contribution in [2.75, 3.05) is 5.32 Å². The molecule has 21 heavy (non-hydrogen) atoms. The molecule has 0 aromatic heterocycles. The molecule has 0 unspecified atom stereocenters. The lowest BCUT2D eigenvalue weighted by Gasteiger charge is -2.11. The van der Waals surface area contributed by atoms with Gasteiger partial charge in [0.1, 0.15) is 5.82 Å². The van der Waals surface area contributed by atoms with Crippen LogP contribution in [0.15, 0.2) is 34.8 Å². The lowest BCUT2D eigenvalue weighted by Crippen LogP contribution is -2.04. The molecular weight excluding hydrogens is 361 g/mol. The van der Waals surface area contributed by atoms with Gasteiger partial charge >= 0.3 is 5.97 Å². The van der Waals surface area contributed by atoms with Crippen LogP contribution in [0.2, 0.25) is 5.02 Å². The van der Waals surface area contributed by atoms with E-state index in [1.165, 1.54) is 12.1 Å². The molecular formula is C15H12BrClFNO2. The van der Waals surface area contributed by atoms with E-state index in [2.05, 4.69) is 21.2 Å². The van der Waals surface area contributed by atoms with E-state index < -0.39 is 11.8 Å². The van der Waals surface area contributed by atoms with Gasteiger partial charge in [0.15, 0.2) is 0 Å². The first-order valence-electron chi connectivity index (χ1n) is 6.09. The Kier molecular flexibility index (Phi) is 4.85. The van der Waals surface area contributed by atoms with Gasteiger partial charge in [-0.3, -0.25) is 0 Å². The summed E-state index contributed by atoms with van der Waals surface area (Å²) in [6, 6.07) is 7.71. The number of anilines is 1. The zero-order valence-corrected chi connectivity index (χ0v) is 13.4. The van der Waals surface area contributed by atoms with Crippen LogP contribution in [0.3, 0.4) is 0 Å². The first-order chi connectivity index (χ1) is 9.88. The molecule has 2 N–H and O–H groups in total. The van der Waals surface area contributed by atoms with Crippen LogP contribution in [-0.2, 0) is 6.54 Å². The summed E-state index contributed by atoms with van der Waals surface area (Å²) in [5.74, 6) is -2.03. The third-order valence-corrected chi connectivity index (χ3v) is 4.06. The number of halogens is 3. The number of carboxylic acid groups (broad SMARTS) is 1. The summed E-state index contributed by atoms with van der Waals surface area (Å²) < 4.78 is 14.4. The molecule has 3 nitrogen and oxygen atoms in total. The maximum absolute atomic E-state index is 13.6. The van der Waals surface area contributed by atoms with E-state index in [1.807, 2.05) is 13.0 Å². The Morgan fingerprint density at radius 1 is 1.38 bits per heavy atom. The third kappa shape index (κ3) is 3.74. The van der Waals surface area contributed by atoms with E-state index in [4.69, 9.17) is 16.7 Å². The molecule has 0 radical (unpaired) electrons. The van der Waals surface area contributed by atoms with Crippen molar-refractivity contribution in [3.8, 4) is 0 Å². The molecule has 2 aromatic rings. The third-order valence-electron chi connectivity index (χ3n) is 3.00. The molecule has 2 aromatic carbocycles. The number of rotatable bonds is 4. The van der Waals surface area contributed by atoms with Crippen molar-refractivity contribution in [1.82, 2.24) is 0 Å². The van der Waals surface area contributed by atoms with Gasteiger partial charge in [-0.1, -0.05) is 17.7 Å². The van der Waals surface area contributed by atoms with Crippen LogP contribution in [0.5, 0.6) is 0 Å². The van der Waals surface area contributed by atoms with Gasteiger partial charge in [0.25, 0.3) is 0 Å². The second kappa shape index (κ2) is 6.45. The maximum atomic E-state index is 13.6. The second-order valence-electron chi connectivity index (χ2n) is 4.55. The summed E-state index contributed by atoms with van der Waals surface area (Å²) in [5, 5.41) is 12.5. The summed E-state index contributed by atoms with van der Waals surface area (Å²) >= 11 is 9.49. The summed E-state index contributed by atoms with van der Waals surface area (Å²) in [6.07, 6.45) is 0. The highest BCUT2D eigenvalue weighted by atomic mass is 79.9. The fourth-order valence-corrected chi connectivity index (χ4v) is 2.58. The number of benzene rings is 2. The Morgan fingerprint density at radius 2 is 2.10 bits per heavy atom. The minimum absolute atomic E-state index is 0.335. The van der Waals surface area contributed by atoms with Gasteiger partial charge in [-0.15, -0.1) is 0 Å². The molecule has 6 heteroatoms. The first kappa shape index (κ1) is 15.8. The summed E-state index contributed by atoms with van der Waals surface area (Å²) in [6.45, 7) is 2.26. The number of hydrogen-bond donors (Lipinski definition) is 2. The highest BCUT2D eigenvalue weighted by Crippen LogP contribution is 2.29. The van der Waals surface area contributed by atoms with Crippen molar-refractivity contribution < 1.29 is 14.3 Å². The molecule has 0 spiro atoms. The second-order valence-corrected chi connectivity index (χ2v) is 5.82. The van der Waals surface area contributed by atoms with E-state index >= 15 is 0 Å². The van der Waals surface area contributed by atoms with E-state index in [0.29, 0.717) is 17.1 Å². The van der Waals surface area contributed by atoms with Crippen molar-refractivity contribution >= 4 is 39.2 Å². The molecule has 0 atom stereocenters. The molecule has 0 fully saturated rings. The molecule has 2 rings (SSSR count). The van der Waals surface area contributed by atoms with Crippen molar-refractivity contribution in [1.29, 1.82) is 0 Å². The zero-order valence-electron chi connectivity index (χ0n) is 11.1. The van der Waals surface area contributed by atoms with E-state index in [1.54, 1.807) is 12.1 Å². The summed E-state index contributed by atoms with van der Waals surface area (Å²) in [7, 11) is 0. The van der Waals surface area contributed by atoms with Crippen LogP contribution in [-0.4, -0.2) is 11.1 Å². The highest BCUT2D eigenvalue weighted by Gasteiger charge is 2.10. The van der Waals surface area contributed by atoms with Gasteiger partial charge in [0, 0.05) is 16.0 Å². The Bertz CT molecular complexity index is 706. The average molecular weight is 373 g/mol. The molecule has 110 valence electrons. The van der Waals surface area contributed by atoms with Gasteiger partial charge in [-0.25, -0.2) is 9.18 Å². The molecule has 0 aliphatic heterocycles. The van der Waals surface area contributed by atoms with Crippen molar-refractivity contribution in [3.05, 3.63) is 62.3 Å². The van der Waals surface area contributed by atoms with Crippen molar-refractivity contribution in [2.45, 2.75) is 13.5 Å². The van der Waals surface area contributed by atoms with Crippen LogP contribution in [0.25, 0.3) is 0 Å². The number of aryl methyl sites for hydroxylation is 1. The Balaban J connectivity index is 2.15. The summed E-state index contributed by atoms with van der Waals surface area (Å²) in [5.41, 5.74) is 2.04. The standard InChI is InChI=1S/C15H12BrClFNO2/c1-8-4-11(16)14(6-12(8)17)19-7-9-2-3-10(15(20)21)13(18)5-9/h2-6,19H,7H2,1H3,(H,20,21). The molecule has 0 aliphatic carbocycles. The van der Waals surface area contributed by atoms with Gasteiger partial charge in [-0.2, -0.15) is 0 Å². The van der Waals surface area contributed by atoms with Gasteiger partial charge in [0.05, 0.1) is 11.3 Å². The topological polar surface area (TPSA) is 49.3 Å². The maximum Gasteiger partial charge on any atom is 0.338 e. The largest absolute Gasteiger partial charge is 0.478 e. The number of hydrogen-bond acceptors (Lipinski definition) is 2. The average Bonchev–Trinajstić information content (AvgIpc) is 2.41. The SMILES string of the molecule is Cc1cc(Br)c(NCc2ccc(C(=O)O)c(F)c2)cc1Cl. The molecule has 0 heterocycles. The number of carboxylic acids is 1. The van der Waals surface area contributed by atoms with Gasteiger partial charge in [-0.05, 0) is 58.2 Å². The Morgan fingerprint density at radius 3 is 2.71 bits per heavy atom. The number of aromatic carboxylic acids is 1. The molecule has 0 amide bonds. The minimum atomic E-state index is -1.28. The Hall–Kier alpha value is -1.59. The quantitative estimate of drug-likeness (QED) is 0.806. The van der Waals surface area contributed by atoms with E-state index in [-0.39, 0.29) is 5.56 Å². The van der Waals surface area contributed by atoms with Crippen LogP contribution < -0.4 is 5.32 Å². The van der Waals surface area contributed by atoms with Crippen molar-refractivity contribution in [3.63, 3.8) is 0 Å². The smallest absolute Gasteiger partial charge is 0.338 e. The lowest BCUT2D eigenvalue weighted by atomic mass is 10.1. The monoisotopic (exact) mass is 371 g/mol. The molecule has 0 saturated heterocycles. The van der Waals surface area contributed by atoms with E-state index in [0.717, 1.165) is 15.7 Å². The zero-order chi connectivity index (χ0) is 15.6. The van der Waals surface area contributed by atoms with E-state index in [9.17, 15) is 9.18 Å². The molecule has 0 aliphatic rings.